The Hall–Kier alpha value is -2.12. The fourth-order valence-corrected chi connectivity index (χ4v) is 3.22. The number of amides is 2. The number of ether oxygens (including phenoxy) is 1. The van der Waals surface area contributed by atoms with E-state index in [1.165, 1.54) is 5.56 Å². The van der Waals surface area contributed by atoms with E-state index in [0.717, 1.165) is 45.7 Å². The Balaban J connectivity index is 1.48. The standard InChI is InChI=1S/C22H36N4O3/c1-22(2,3)29-21(28)24-12-10-20(27)23-11-7-13-25-14-16-26(17-15-25)18-19-8-5-4-6-9-19/h4-6,8-9H,7,10-18H2,1-3H3,(H,23,27)(H,24,28). The predicted molar refractivity (Wildman–Crippen MR) is 115 cm³/mol. The molecular weight excluding hydrogens is 368 g/mol. The van der Waals surface area contributed by atoms with Gasteiger partial charge in [-0.3, -0.25) is 9.69 Å². The molecule has 1 aliphatic heterocycles. The zero-order chi connectivity index (χ0) is 21.1. The molecular formula is C22H36N4O3. The van der Waals surface area contributed by atoms with Gasteiger partial charge in [-0.1, -0.05) is 30.3 Å². The summed E-state index contributed by atoms with van der Waals surface area (Å²) in [6.07, 6.45) is 0.707. The second-order valence-electron chi connectivity index (χ2n) is 8.49. The summed E-state index contributed by atoms with van der Waals surface area (Å²) in [5, 5.41) is 5.52. The fraction of sp³-hybridized carbons (Fsp3) is 0.636. The number of carbonyl (C=O) groups is 2. The molecule has 2 amide bonds. The Labute approximate surface area is 174 Å². The molecule has 162 valence electrons. The van der Waals surface area contributed by atoms with Gasteiger partial charge in [0.1, 0.15) is 5.60 Å². The SMILES string of the molecule is CC(C)(C)OC(=O)NCCC(=O)NCCCN1CCN(Cc2ccccc2)CC1. The van der Waals surface area contributed by atoms with Crippen LogP contribution in [0.4, 0.5) is 4.79 Å². The molecule has 1 aromatic rings. The molecule has 1 fully saturated rings. The van der Waals surface area contributed by atoms with Gasteiger partial charge in [0.15, 0.2) is 0 Å². The second kappa shape index (κ2) is 11.8. The average molecular weight is 405 g/mol. The highest BCUT2D eigenvalue weighted by Gasteiger charge is 2.17. The van der Waals surface area contributed by atoms with Crippen LogP contribution in [0.3, 0.4) is 0 Å². The van der Waals surface area contributed by atoms with Crippen molar-refractivity contribution in [2.24, 2.45) is 0 Å². The van der Waals surface area contributed by atoms with Crippen LogP contribution in [0.15, 0.2) is 30.3 Å². The van der Waals surface area contributed by atoms with Crippen molar-refractivity contribution in [3.63, 3.8) is 0 Å². The van der Waals surface area contributed by atoms with Crippen molar-refractivity contribution in [2.75, 3.05) is 45.8 Å². The van der Waals surface area contributed by atoms with Gasteiger partial charge in [0.25, 0.3) is 0 Å². The van der Waals surface area contributed by atoms with Gasteiger partial charge in [-0.2, -0.15) is 0 Å². The van der Waals surface area contributed by atoms with Gasteiger partial charge in [-0.05, 0) is 39.3 Å². The molecule has 29 heavy (non-hydrogen) atoms. The lowest BCUT2D eigenvalue weighted by molar-refractivity contribution is -0.120. The molecule has 1 heterocycles. The number of nitrogens with one attached hydrogen (secondary N) is 2. The Morgan fingerprint density at radius 1 is 0.966 bits per heavy atom. The second-order valence-corrected chi connectivity index (χ2v) is 8.49. The van der Waals surface area contributed by atoms with E-state index in [1.807, 2.05) is 20.8 Å². The highest BCUT2D eigenvalue weighted by Crippen LogP contribution is 2.08. The number of alkyl carbamates (subject to hydrolysis) is 1. The molecule has 0 bridgehead atoms. The smallest absolute Gasteiger partial charge is 0.407 e. The van der Waals surface area contributed by atoms with Gasteiger partial charge in [0.2, 0.25) is 5.91 Å². The van der Waals surface area contributed by atoms with E-state index in [9.17, 15) is 9.59 Å². The molecule has 7 heteroatoms. The Morgan fingerprint density at radius 2 is 1.62 bits per heavy atom. The molecule has 1 aliphatic rings. The van der Waals surface area contributed by atoms with Gasteiger partial charge in [-0.15, -0.1) is 0 Å². The summed E-state index contributed by atoms with van der Waals surface area (Å²) in [5.41, 5.74) is 0.837. The normalized spacial score (nSPS) is 15.7. The van der Waals surface area contributed by atoms with E-state index in [-0.39, 0.29) is 18.9 Å². The van der Waals surface area contributed by atoms with E-state index in [1.54, 1.807) is 0 Å². The van der Waals surface area contributed by atoms with Crippen LogP contribution in [-0.4, -0.2) is 73.2 Å². The summed E-state index contributed by atoms with van der Waals surface area (Å²) in [4.78, 5) is 28.3. The molecule has 1 aromatic carbocycles. The molecule has 1 saturated heterocycles. The molecule has 0 aliphatic carbocycles. The van der Waals surface area contributed by atoms with Crippen molar-refractivity contribution >= 4 is 12.0 Å². The predicted octanol–water partition coefficient (Wildman–Crippen LogP) is 2.23. The number of rotatable bonds is 9. The van der Waals surface area contributed by atoms with Gasteiger partial charge in [0, 0.05) is 52.2 Å². The molecule has 0 radical (unpaired) electrons. The van der Waals surface area contributed by atoms with Gasteiger partial charge in [-0.25, -0.2) is 4.79 Å². The van der Waals surface area contributed by atoms with Crippen molar-refractivity contribution in [2.45, 2.75) is 45.8 Å². The van der Waals surface area contributed by atoms with Crippen LogP contribution in [0.25, 0.3) is 0 Å². The molecule has 0 spiro atoms. The van der Waals surface area contributed by atoms with Crippen LogP contribution in [0.5, 0.6) is 0 Å². The summed E-state index contributed by atoms with van der Waals surface area (Å²) in [7, 11) is 0. The minimum atomic E-state index is -0.528. The number of carbonyl (C=O) groups excluding carboxylic acids is 2. The van der Waals surface area contributed by atoms with Crippen molar-refractivity contribution < 1.29 is 14.3 Å². The Morgan fingerprint density at radius 3 is 2.28 bits per heavy atom. The van der Waals surface area contributed by atoms with Crippen LogP contribution in [0.2, 0.25) is 0 Å². The van der Waals surface area contributed by atoms with E-state index >= 15 is 0 Å². The maximum absolute atomic E-state index is 11.9. The van der Waals surface area contributed by atoms with Gasteiger partial charge >= 0.3 is 6.09 Å². The Kier molecular flexibility index (Phi) is 9.41. The van der Waals surface area contributed by atoms with Gasteiger partial charge in [0.05, 0.1) is 0 Å². The fourth-order valence-electron chi connectivity index (χ4n) is 3.22. The van der Waals surface area contributed by atoms with Gasteiger partial charge < -0.3 is 20.3 Å². The lowest BCUT2D eigenvalue weighted by Gasteiger charge is -2.34. The zero-order valence-electron chi connectivity index (χ0n) is 18.1. The monoisotopic (exact) mass is 404 g/mol. The van der Waals surface area contributed by atoms with Crippen LogP contribution in [0.1, 0.15) is 39.2 Å². The molecule has 0 saturated carbocycles. The highest BCUT2D eigenvalue weighted by molar-refractivity contribution is 5.76. The molecule has 0 unspecified atom stereocenters. The highest BCUT2D eigenvalue weighted by atomic mass is 16.6. The number of nitrogens with zero attached hydrogens (tertiary/aromatic N) is 2. The molecule has 0 atom stereocenters. The maximum Gasteiger partial charge on any atom is 0.407 e. The molecule has 0 aromatic heterocycles. The largest absolute Gasteiger partial charge is 0.444 e. The van der Waals surface area contributed by atoms with Crippen LogP contribution < -0.4 is 10.6 Å². The minimum Gasteiger partial charge on any atom is -0.444 e. The molecule has 2 rings (SSSR count). The van der Waals surface area contributed by atoms with Crippen molar-refractivity contribution in [3.8, 4) is 0 Å². The lowest BCUT2D eigenvalue weighted by atomic mass is 10.2. The van der Waals surface area contributed by atoms with Crippen molar-refractivity contribution in [1.82, 2.24) is 20.4 Å². The number of benzene rings is 1. The van der Waals surface area contributed by atoms with E-state index in [2.05, 4.69) is 50.8 Å². The van der Waals surface area contributed by atoms with Crippen molar-refractivity contribution in [3.05, 3.63) is 35.9 Å². The average Bonchev–Trinajstić information content (AvgIpc) is 2.66. The Bertz CT molecular complexity index is 623. The quantitative estimate of drug-likeness (QED) is 0.618. The number of hydrogen-bond acceptors (Lipinski definition) is 5. The third-order valence-corrected chi connectivity index (χ3v) is 4.71. The van der Waals surface area contributed by atoms with Crippen LogP contribution in [0, 0.1) is 0 Å². The third kappa shape index (κ3) is 10.3. The summed E-state index contributed by atoms with van der Waals surface area (Å²) < 4.78 is 5.14. The van der Waals surface area contributed by atoms with Crippen LogP contribution >= 0.6 is 0 Å². The van der Waals surface area contributed by atoms with Crippen molar-refractivity contribution in [1.29, 1.82) is 0 Å². The van der Waals surface area contributed by atoms with E-state index in [4.69, 9.17) is 4.74 Å². The first-order chi connectivity index (χ1) is 13.8. The molecule has 7 nitrogen and oxygen atoms in total. The summed E-state index contributed by atoms with van der Waals surface area (Å²) >= 11 is 0. The van der Waals surface area contributed by atoms with Crippen LogP contribution in [-0.2, 0) is 16.1 Å². The number of piperazine rings is 1. The number of hydrogen-bond donors (Lipinski definition) is 2. The maximum atomic E-state index is 11.9. The minimum absolute atomic E-state index is 0.0475. The first-order valence-corrected chi connectivity index (χ1v) is 10.5. The topological polar surface area (TPSA) is 73.9 Å². The van der Waals surface area contributed by atoms with E-state index < -0.39 is 11.7 Å². The lowest BCUT2D eigenvalue weighted by Crippen LogP contribution is -2.46. The summed E-state index contributed by atoms with van der Waals surface area (Å²) in [6.45, 7) is 12.7. The molecule has 2 N–H and O–H groups in total. The summed E-state index contributed by atoms with van der Waals surface area (Å²) in [5.74, 6) is -0.0475. The van der Waals surface area contributed by atoms with E-state index in [0.29, 0.717) is 6.54 Å². The third-order valence-electron chi connectivity index (χ3n) is 4.71. The first kappa shape index (κ1) is 23.2. The first-order valence-electron chi connectivity index (χ1n) is 10.5. The summed E-state index contributed by atoms with van der Waals surface area (Å²) in [6, 6.07) is 10.6. The zero-order valence-corrected chi connectivity index (χ0v) is 18.1.